The Bertz CT molecular complexity index is 840. The molecule has 0 saturated heterocycles. The number of hydrogen-bond donors (Lipinski definition) is 0. The predicted molar refractivity (Wildman–Crippen MR) is 102 cm³/mol. The molecule has 2 aromatic rings. The van der Waals surface area contributed by atoms with Gasteiger partial charge < -0.3 is 19.1 Å². The number of nitrogens with zero attached hydrogens (tertiary/aromatic N) is 1. The lowest BCUT2D eigenvalue weighted by molar-refractivity contribution is -0.123. The number of amides is 1. The van der Waals surface area contributed by atoms with E-state index in [1.54, 1.807) is 26.2 Å². The van der Waals surface area contributed by atoms with Crippen LogP contribution in [-0.2, 0) is 11.2 Å². The first kappa shape index (κ1) is 17.9. The molecule has 5 heteroatoms. The van der Waals surface area contributed by atoms with Crippen LogP contribution >= 0.6 is 0 Å². The average molecular weight is 353 g/mol. The summed E-state index contributed by atoms with van der Waals surface area (Å²) in [4.78, 5) is 14.8. The fourth-order valence-electron chi connectivity index (χ4n) is 3.17. The van der Waals surface area contributed by atoms with Crippen LogP contribution in [0.4, 0.5) is 0 Å². The third kappa shape index (κ3) is 3.25. The Labute approximate surface area is 153 Å². The average Bonchev–Trinajstić information content (AvgIpc) is 2.80. The molecule has 0 fully saturated rings. The molecule has 0 N–H and O–H groups in total. The smallest absolute Gasteiger partial charge is 0.254 e. The zero-order chi connectivity index (χ0) is 18.7. The molecule has 1 heterocycles. The van der Waals surface area contributed by atoms with Gasteiger partial charge in [-0.3, -0.25) is 4.79 Å². The molecule has 0 aliphatic carbocycles. The van der Waals surface area contributed by atoms with E-state index in [9.17, 15) is 4.79 Å². The van der Waals surface area contributed by atoms with Gasteiger partial charge in [-0.05, 0) is 41.8 Å². The molecule has 0 spiro atoms. The monoisotopic (exact) mass is 353 g/mol. The summed E-state index contributed by atoms with van der Waals surface area (Å²) in [6.07, 6.45) is 2.66. The van der Waals surface area contributed by atoms with Gasteiger partial charge in [-0.25, -0.2) is 0 Å². The molecule has 1 aliphatic heterocycles. The Hall–Kier alpha value is -2.95. The SMILES string of the molecule is COc1ccc(/C=C2\C(=O)N(C)CCc3ccc(OC)c(OC)c32)cc1. The highest BCUT2D eigenvalue weighted by molar-refractivity contribution is 6.25. The van der Waals surface area contributed by atoms with Gasteiger partial charge in [-0.2, -0.15) is 0 Å². The van der Waals surface area contributed by atoms with Gasteiger partial charge in [0.2, 0.25) is 0 Å². The van der Waals surface area contributed by atoms with E-state index in [4.69, 9.17) is 14.2 Å². The van der Waals surface area contributed by atoms with E-state index in [-0.39, 0.29) is 5.91 Å². The number of hydrogen-bond acceptors (Lipinski definition) is 4. The summed E-state index contributed by atoms with van der Waals surface area (Å²) in [6, 6.07) is 11.5. The molecule has 5 nitrogen and oxygen atoms in total. The van der Waals surface area contributed by atoms with E-state index in [0.717, 1.165) is 28.9 Å². The lowest BCUT2D eigenvalue weighted by atomic mass is 9.95. The maximum Gasteiger partial charge on any atom is 0.254 e. The number of fused-ring (bicyclic) bond motifs is 1. The summed E-state index contributed by atoms with van der Waals surface area (Å²) in [7, 11) is 6.65. The molecular formula is C21H23NO4. The summed E-state index contributed by atoms with van der Waals surface area (Å²) < 4.78 is 16.3. The second kappa shape index (κ2) is 7.52. The lowest BCUT2D eigenvalue weighted by Gasteiger charge is -2.18. The van der Waals surface area contributed by atoms with Gasteiger partial charge in [-0.15, -0.1) is 0 Å². The topological polar surface area (TPSA) is 48.0 Å². The molecule has 136 valence electrons. The van der Waals surface area contributed by atoms with Crippen LogP contribution in [0.2, 0.25) is 0 Å². The first-order valence-corrected chi connectivity index (χ1v) is 8.44. The molecule has 1 amide bonds. The van der Waals surface area contributed by atoms with Crippen LogP contribution in [0.5, 0.6) is 17.2 Å². The molecule has 0 saturated carbocycles. The van der Waals surface area contributed by atoms with E-state index in [1.807, 2.05) is 49.5 Å². The molecule has 0 aromatic heterocycles. The van der Waals surface area contributed by atoms with E-state index in [0.29, 0.717) is 23.6 Å². The number of ether oxygens (including phenoxy) is 3. The minimum Gasteiger partial charge on any atom is -0.497 e. The van der Waals surface area contributed by atoms with Crippen molar-refractivity contribution in [2.75, 3.05) is 34.9 Å². The lowest BCUT2D eigenvalue weighted by Crippen LogP contribution is -2.27. The molecule has 2 aromatic carbocycles. The Kier molecular flexibility index (Phi) is 5.16. The summed E-state index contributed by atoms with van der Waals surface area (Å²) in [5.41, 5.74) is 3.39. The van der Waals surface area contributed by atoms with Crippen LogP contribution in [0.25, 0.3) is 11.6 Å². The van der Waals surface area contributed by atoms with Gasteiger partial charge in [0, 0.05) is 19.2 Å². The number of carbonyl (C=O) groups excluding carboxylic acids is 1. The number of carbonyl (C=O) groups is 1. The standard InChI is InChI=1S/C21H23NO4/c1-22-12-11-15-7-10-18(25-3)20(26-4)19(15)17(21(22)23)13-14-5-8-16(24-2)9-6-14/h5-10,13H,11-12H2,1-4H3/b17-13-. The second-order valence-electron chi connectivity index (χ2n) is 6.14. The zero-order valence-electron chi connectivity index (χ0n) is 15.5. The van der Waals surface area contributed by atoms with Crippen LogP contribution in [0, 0.1) is 0 Å². The van der Waals surface area contributed by atoms with Gasteiger partial charge >= 0.3 is 0 Å². The van der Waals surface area contributed by atoms with Crippen molar-refractivity contribution in [3.05, 3.63) is 53.1 Å². The molecule has 0 atom stereocenters. The van der Waals surface area contributed by atoms with Crippen molar-refractivity contribution in [2.24, 2.45) is 0 Å². The summed E-state index contributed by atoms with van der Waals surface area (Å²) in [5, 5.41) is 0. The fraction of sp³-hybridized carbons (Fsp3) is 0.286. The van der Waals surface area contributed by atoms with Crippen molar-refractivity contribution in [3.8, 4) is 17.2 Å². The van der Waals surface area contributed by atoms with E-state index in [1.165, 1.54) is 0 Å². The molecule has 1 aliphatic rings. The molecular weight excluding hydrogens is 330 g/mol. The summed E-state index contributed by atoms with van der Waals surface area (Å²) in [5.74, 6) is 1.94. The normalized spacial score (nSPS) is 15.5. The van der Waals surface area contributed by atoms with Crippen LogP contribution in [0.15, 0.2) is 36.4 Å². The third-order valence-corrected chi connectivity index (χ3v) is 4.62. The predicted octanol–water partition coefficient (Wildman–Crippen LogP) is 3.27. The van der Waals surface area contributed by atoms with Crippen LogP contribution < -0.4 is 14.2 Å². The van der Waals surface area contributed by atoms with Gasteiger partial charge in [-0.1, -0.05) is 18.2 Å². The second-order valence-corrected chi connectivity index (χ2v) is 6.14. The van der Waals surface area contributed by atoms with Gasteiger partial charge in [0.15, 0.2) is 11.5 Å². The summed E-state index contributed by atoms with van der Waals surface area (Å²) in [6.45, 7) is 0.654. The van der Waals surface area contributed by atoms with Crippen LogP contribution in [-0.4, -0.2) is 45.7 Å². The molecule has 26 heavy (non-hydrogen) atoms. The fourth-order valence-corrected chi connectivity index (χ4v) is 3.17. The number of methoxy groups -OCH3 is 3. The van der Waals surface area contributed by atoms with Gasteiger partial charge in [0.25, 0.3) is 5.91 Å². The summed E-state index contributed by atoms with van der Waals surface area (Å²) >= 11 is 0. The maximum atomic E-state index is 13.0. The van der Waals surface area contributed by atoms with Crippen molar-refractivity contribution in [2.45, 2.75) is 6.42 Å². The van der Waals surface area contributed by atoms with Crippen molar-refractivity contribution in [1.82, 2.24) is 4.90 Å². The van der Waals surface area contributed by atoms with Gasteiger partial charge in [0.1, 0.15) is 5.75 Å². The minimum atomic E-state index is -0.0360. The number of rotatable bonds is 4. The van der Waals surface area contributed by atoms with E-state index < -0.39 is 0 Å². The van der Waals surface area contributed by atoms with Crippen molar-refractivity contribution in [3.63, 3.8) is 0 Å². The highest BCUT2D eigenvalue weighted by atomic mass is 16.5. The molecule has 3 rings (SSSR count). The zero-order valence-corrected chi connectivity index (χ0v) is 15.5. The first-order valence-electron chi connectivity index (χ1n) is 8.44. The van der Waals surface area contributed by atoms with Crippen molar-refractivity contribution in [1.29, 1.82) is 0 Å². The number of benzene rings is 2. The first-order chi connectivity index (χ1) is 12.6. The maximum absolute atomic E-state index is 13.0. The van der Waals surface area contributed by atoms with E-state index in [2.05, 4.69) is 0 Å². The van der Waals surface area contributed by atoms with Crippen molar-refractivity contribution >= 4 is 17.6 Å². The molecule has 0 radical (unpaired) electrons. The van der Waals surface area contributed by atoms with Crippen LogP contribution in [0.3, 0.4) is 0 Å². The molecule has 0 bridgehead atoms. The highest BCUT2D eigenvalue weighted by Gasteiger charge is 2.28. The molecule has 0 unspecified atom stereocenters. The minimum absolute atomic E-state index is 0.0360. The van der Waals surface area contributed by atoms with Crippen molar-refractivity contribution < 1.29 is 19.0 Å². The largest absolute Gasteiger partial charge is 0.497 e. The van der Waals surface area contributed by atoms with E-state index >= 15 is 0 Å². The Morgan fingerprint density at radius 1 is 0.962 bits per heavy atom. The Morgan fingerprint density at radius 3 is 2.31 bits per heavy atom. The third-order valence-electron chi connectivity index (χ3n) is 4.62. The highest BCUT2D eigenvalue weighted by Crippen LogP contribution is 2.40. The van der Waals surface area contributed by atoms with Gasteiger partial charge in [0.05, 0.1) is 26.9 Å². The Balaban J connectivity index is 2.21. The quantitative estimate of drug-likeness (QED) is 0.792. The Morgan fingerprint density at radius 2 is 1.69 bits per heavy atom. The van der Waals surface area contributed by atoms with Crippen LogP contribution in [0.1, 0.15) is 16.7 Å². The number of likely N-dealkylation sites (N-methyl/N-ethyl adjacent to an activating group) is 1.